The van der Waals surface area contributed by atoms with Gasteiger partial charge in [0, 0.05) is 17.8 Å². The third-order valence-electron chi connectivity index (χ3n) is 5.86. The van der Waals surface area contributed by atoms with Crippen LogP contribution in [-0.4, -0.2) is 29.8 Å². The number of aromatic nitrogens is 1. The number of methoxy groups -OCH3 is 1. The number of nitrogen functional groups attached to an aromatic ring is 1. The van der Waals surface area contributed by atoms with Crippen LogP contribution < -0.4 is 19.9 Å². The van der Waals surface area contributed by atoms with Gasteiger partial charge in [-0.05, 0) is 66.8 Å². The van der Waals surface area contributed by atoms with Crippen molar-refractivity contribution in [3.05, 3.63) is 83.6 Å². The van der Waals surface area contributed by atoms with Crippen LogP contribution in [0.5, 0.6) is 17.4 Å². The number of hydrogen-bond acceptors (Lipinski definition) is 6. The molecule has 0 aliphatic heterocycles. The van der Waals surface area contributed by atoms with E-state index >= 15 is 0 Å². The van der Waals surface area contributed by atoms with Gasteiger partial charge in [0.05, 0.1) is 13.7 Å². The number of aliphatic carboxylic acids is 1. The summed E-state index contributed by atoms with van der Waals surface area (Å²) < 4.78 is 16.9. The van der Waals surface area contributed by atoms with Crippen LogP contribution in [0.3, 0.4) is 0 Å². The van der Waals surface area contributed by atoms with Gasteiger partial charge in [-0.3, -0.25) is 0 Å². The van der Waals surface area contributed by atoms with Gasteiger partial charge < -0.3 is 25.1 Å². The van der Waals surface area contributed by atoms with Crippen LogP contribution in [0.2, 0.25) is 0 Å². The van der Waals surface area contributed by atoms with Crippen molar-refractivity contribution in [2.75, 3.05) is 19.5 Å². The Hall–Kier alpha value is -4.00. The highest BCUT2D eigenvalue weighted by atomic mass is 16.5. The summed E-state index contributed by atoms with van der Waals surface area (Å²) in [6.45, 7) is 0.853. The Morgan fingerprint density at radius 3 is 2.41 bits per heavy atom. The minimum Gasteiger partial charge on any atom is -0.497 e. The van der Waals surface area contributed by atoms with Gasteiger partial charge in [0.2, 0.25) is 5.88 Å². The van der Waals surface area contributed by atoms with Crippen LogP contribution in [0.25, 0.3) is 6.08 Å². The summed E-state index contributed by atoms with van der Waals surface area (Å²) in [5.41, 5.74) is 9.16. The number of nitrogens with zero attached hydrogens (tertiary/aromatic N) is 1. The first-order valence-electron chi connectivity index (χ1n) is 12.7. The predicted octanol–water partition coefficient (Wildman–Crippen LogP) is 6.31. The quantitative estimate of drug-likeness (QED) is 0.134. The molecule has 0 aliphatic rings. The Labute approximate surface area is 218 Å². The van der Waals surface area contributed by atoms with E-state index in [0.29, 0.717) is 36.2 Å². The maximum Gasteiger partial charge on any atom is 0.328 e. The minimum atomic E-state index is -1.05. The monoisotopic (exact) mass is 504 g/mol. The first kappa shape index (κ1) is 27.6. The van der Waals surface area contributed by atoms with Crippen molar-refractivity contribution in [2.45, 2.75) is 51.6 Å². The van der Waals surface area contributed by atoms with Crippen molar-refractivity contribution in [1.29, 1.82) is 0 Å². The standard InChI is InChI=1S/C30H36N2O5/c1-35-26-14-12-23(13-15-26)9-6-4-2-3-5-7-20-36-28-17-18-29(32-27(28)16-19-30(33)34)37-22-24-10-8-11-25(31)21-24/h8,10-19,21H,2-7,9,20,22,31H2,1H3,(H,33,34). The molecule has 196 valence electrons. The number of carboxylic acids is 1. The highest BCUT2D eigenvalue weighted by Gasteiger charge is 2.07. The Bertz CT molecular complexity index is 1140. The lowest BCUT2D eigenvalue weighted by Crippen LogP contribution is -2.03. The number of nitrogens with two attached hydrogens (primary N) is 1. The number of pyridine rings is 1. The lowest BCUT2D eigenvalue weighted by atomic mass is 10.0. The molecule has 0 aliphatic carbocycles. The van der Waals surface area contributed by atoms with Crippen molar-refractivity contribution in [1.82, 2.24) is 4.98 Å². The van der Waals surface area contributed by atoms with Crippen molar-refractivity contribution in [3.8, 4) is 17.4 Å². The predicted molar refractivity (Wildman–Crippen MR) is 146 cm³/mol. The third kappa shape index (κ3) is 10.3. The molecule has 0 unspecified atom stereocenters. The molecule has 0 spiro atoms. The molecule has 1 aromatic heterocycles. The largest absolute Gasteiger partial charge is 0.497 e. The second-order valence-corrected chi connectivity index (χ2v) is 8.81. The van der Waals surface area contributed by atoms with Gasteiger partial charge >= 0.3 is 5.97 Å². The number of rotatable bonds is 16. The topological polar surface area (TPSA) is 104 Å². The maximum absolute atomic E-state index is 11.0. The van der Waals surface area contributed by atoms with E-state index in [9.17, 15) is 4.79 Å². The van der Waals surface area contributed by atoms with Gasteiger partial charge in [-0.25, -0.2) is 9.78 Å². The summed E-state index contributed by atoms with van der Waals surface area (Å²) in [5.74, 6) is 0.763. The summed E-state index contributed by atoms with van der Waals surface area (Å²) in [6, 6.07) is 19.2. The van der Waals surface area contributed by atoms with E-state index in [1.165, 1.54) is 30.9 Å². The molecule has 7 nitrogen and oxygen atoms in total. The summed E-state index contributed by atoms with van der Waals surface area (Å²) in [4.78, 5) is 15.5. The van der Waals surface area contributed by atoms with Gasteiger partial charge in [-0.1, -0.05) is 49.9 Å². The van der Waals surface area contributed by atoms with E-state index in [1.807, 2.05) is 36.4 Å². The van der Waals surface area contributed by atoms with Crippen LogP contribution in [0.15, 0.2) is 66.7 Å². The molecule has 1 heterocycles. The molecule has 0 atom stereocenters. The molecule has 0 fully saturated rings. The molecule has 0 amide bonds. The van der Waals surface area contributed by atoms with E-state index in [-0.39, 0.29) is 0 Å². The third-order valence-corrected chi connectivity index (χ3v) is 5.86. The average Bonchev–Trinajstić information content (AvgIpc) is 2.90. The van der Waals surface area contributed by atoms with Crippen LogP contribution in [0.4, 0.5) is 5.69 Å². The molecule has 0 saturated heterocycles. The minimum absolute atomic E-state index is 0.306. The highest BCUT2D eigenvalue weighted by molar-refractivity contribution is 5.85. The first-order valence-corrected chi connectivity index (χ1v) is 12.7. The maximum atomic E-state index is 11.0. The van der Waals surface area contributed by atoms with Gasteiger partial charge in [0.15, 0.2) is 0 Å². The summed E-state index contributed by atoms with van der Waals surface area (Å²) in [6.07, 6.45) is 10.3. The van der Waals surface area contributed by atoms with Crippen molar-refractivity contribution in [2.24, 2.45) is 0 Å². The molecule has 37 heavy (non-hydrogen) atoms. The molecule has 3 aromatic rings. The van der Waals surface area contributed by atoms with E-state index in [2.05, 4.69) is 17.1 Å². The molecule has 0 radical (unpaired) electrons. The molecular weight excluding hydrogens is 468 g/mol. The number of ether oxygens (including phenoxy) is 3. The normalized spacial score (nSPS) is 10.9. The van der Waals surface area contributed by atoms with Crippen LogP contribution in [-0.2, 0) is 17.8 Å². The summed E-state index contributed by atoms with van der Waals surface area (Å²) >= 11 is 0. The fourth-order valence-corrected chi connectivity index (χ4v) is 3.87. The number of carboxylic acid groups (broad SMARTS) is 1. The zero-order valence-electron chi connectivity index (χ0n) is 21.4. The number of unbranched alkanes of at least 4 members (excludes halogenated alkanes) is 5. The Kier molecular flexibility index (Phi) is 11.3. The lowest BCUT2D eigenvalue weighted by Gasteiger charge is -2.11. The lowest BCUT2D eigenvalue weighted by molar-refractivity contribution is -0.131. The van der Waals surface area contributed by atoms with E-state index in [4.69, 9.17) is 25.1 Å². The Morgan fingerprint density at radius 2 is 1.68 bits per heavy atom. The molecule has 0 bridgehead atoms. The van der Waals surface area contributed by atoms with E-state index < -0.39 is 5.97 Å². The highest BCUT2D eigenvalue weighted by Crippen LogP contribution is 2.23. The number of hydrogen-bond donors (Lipinski definition) is 2. The SMILES string of the molecule is COc1ccc(CCCCCCCCOc2ccc(OCc3cccc(N)c3)nc2C=CC(=O)O)cc1. The number of carbonyl (C=O) groups is 1. The van der Waals surface area contributed by atoms with Crippen molar-refractivity contribution >= 4 is 17.7 Å². The first-order chi connectivity index (χ1) is 18.0. The second kappa shape index (κ2) is 15.2. The van der Waals surface area contributed by atoms with Crippen LogP contribution in [0.1, 0.15) is 55.3 Å². The van der Waals surface area contributed by atoms with E-state index in [0.717, 1.165) is 43.1 Å². The van der Waals surface area contributed by atoms with Gasteiger partial charge in [-0.15, -0.1) is 0 Å². The van der Waals surface area contributed by atoms with Gasteiger partial charge in [0.25, 0.3) is 0 Å². The van der Waals surface area contributed by atoms with Crippen LogP contribution >= 0.6 is 0 Å². The zero-order valence-corrected chi connectivity index (χ0v) is 21.4. The van der Waals surface area contributed by atoms with Gasteiger partial charge in [0.1, 0.15) is 23.8 Å². The molecular formula is C30H36N2O5. The fraction of sp³-hybridized carbons (Fsp3) is 0.333. The van der Waals surface area contributed by atoms with Crippen LogP contribution in [0, 0.1) is 0 Å². The molecule has 7 heteroatoms. The summed E-state index contributed by atoms with van der Waals surface area (Å²) in [5, 5.41) is 9.03. The Morgan fingerprint density at radius 1 is 0.919 bits per heavy atom. The van der Waals surface area contributed by atoms with Crippen molar-refractivity contribution < 1.29 is 24.1 Å². The molecule has 3 rings (SSSR count). The average molecular weight is 505 g/mol. The smallest absolute Gasteiger partial charge is 0.328 e. The van der Waals surface area contributed by atoms with Crippen molar-refractivity contribution in [3.63, 3.8) is 0 Å². The second-order valence-electron chi connectivity index (χ2n) is 8.81. The Balaban J connectivity index is 1.38. The van der Waals surface area contributed by atoms with E-state index in [1.54, 1.807) is 19.2 Å². The molecule has 2 aromatic carbocycles. The zero-order chi connectivity index (χ0) is 26.3. The number of anilines is 1. The summed E-state index contributed by atoms with van der Waals surface area (Å²) in [7, 11) is 1.68. The number of aryl methyl sites for hydroxylation is 1. The molecule has 0 saturated carbocycles. The van der Waals surface area contributed by atoms with Gasteiger partial charge in [-0.2, -0.15) is 0 Å². The number of benzene rings is 2. The fourth-order valence-electron chi connectivity index (χ4n) is 3.87. The molecule has 3 N–H and O–H groups in total.